The third-order valence-electron chi connectivity index (χ3n) is 2.35. The fraction of sp³-hybridized carbons (Fsp3) is 0.300. The summed E-state index contributed by atoms with van der Waals surface area (Å²) >= 11 is 5.07. The number of aromatic amines is 1. The molecule has 2 rings (SSSR count). The first-order valence-electron chi connectivity index (χ1n) is 4.85. The minimum absolute atomic E-state index is 0.177. The van der Waals surface area contributed by atoms with Crippen LogP contribution in [-0.2, 0) is 13.6 Å². The first-order chi connectivity index (χ1) is 7.56. The largest absolute Gasteiger partial charge is 0.321 e. The van der Waals surface area contributed by atoms with Crippen molar-refractivity contribution in [2.75, 3.05) is 0 Å². The number of hydrogen-bond donors (Lipinski definition) is 1. The van der Waals surface area contributed by atoms with Crippen LogP contribution in [0.2, 0.25) is 0 Å². The molecule has 2 heterocycles. The van der Waals surface area contributed by atoms with E-state index < -0.39 is 0 Å². The number of H-pyrrole nitrogens is 1. The van der Waals surface area contributed by atoms with Gasteiger partial charge in [0.15, 0.2) is 4.77 Å². The molecule has 0 fully saturated rings. The van der Waals surface area contributed by atoms with Crippen LogP contribution in [-0.4, -0.2) is 19.3 Å². The van der Waals surface area contributed by atoms with Gasteiger partial charge in [-0.2, -0.15) is 5.10 Å². The molecule has 0 atom stereocenters. The number of rotatable bonds is 2. The van der Waals surface area contributed by atoms with Gasteiger partial charge in [-0.3, -0.25) is 14.5 Å². The van der Waals surface area contributed by atoms with E-state index in [2.05, 4.69) is 10.1 Å². The van der Waals surface area contributed by atoms with Crippen LogP contribution in [0.15, 0.2) is 23.3 Å². The van der Waals surface area contributed by atoms with Crippen LogP contribution in [0.3, 0.4) is 0 Å². The predicted molar refractivity (Wildman–Crippen MR) is 62.9 cm³/mol. The highest BCUT2D eigenvalue weighted by Crippen LogP contribution is 2.06. The zero-order valence-electron chi connectivity index (χ0n) is 9.10. The van der Waals surface area contributed by atoms with E-state index in [1.807, 2.05) is 20.2 Å². The van der Waals surface area contributed by atoms with Gasteiger partial charge in [-0.1, -0.05) is 0 Å². The predicted octanol–water partition coefficient (Wildman–Crippen LogP) is 0.996. The van der Waals surface area contributed by atoms with Gasteiger partial charge in [0.25, 0.3) is 5.56 Å². The minimum Gasteiger partial charge on any atom is -0.321 e. The van der Waals surface area contributed by atoms with E-state index in [-0.39, 0.29) is 5.56 Å². The van der Waals surface area contributed by atoms with Crippen molar-refractivity contribution in [1.82, 2.24) is 19.3 Å². The Morgan fingerprint density at radius 2 is 2.31 bits per heavy atom. The van der Waals surface area contributed by atoms with Crippen LogP contribution in [0.1, 0.15) is 11.3 Å². The van der Waals surface area contributed by atoms with Crippen LogP contribution < -0.4 is 5.56 Å². The Bertz CT molecular complexity index is 622. The first kappa shape index (κ1) is 10.8. The molecule has 0 radical (unpaired) electrons. The minimum atomic E-state index is -0.177. The molecule has 0 saturated heterocycles. The second-order valence-electron chi connectivity index (χ2n) is 3.65. The summed E-state index contributed by atoms with van der Waals surface area (Å²) in [6.07, 6.45) is 3.63. The molecule has 2 aromatic heterocycles. The summed E-state index contributed by atoms with van der Waals surface area (Å²) in [4.78, 5) is 13.6. The van der Waals surface area contributed by atoms with E-state index in [4.69, 9.17) is 12.2 Å². The van der Waals surface area contributed by atoms with Gasteiger partial charge >= 0.3 is 0 Å². The number of aromatic nitrogens is 4. The normalized spacial score (nSPS) is 10.6. The number of nitrogens with one attached hydrogen (secondary N) is 1. The smallest absolute Gasteiger partial charge is 0.251 e. The molecular weight excluding hydrogens is 224 g/mol. The molecule has 0 bridgehead atoms. The third-order valence-corrected chi connectivity index (χ3v) is 2.69. The van der Waals surface area contributed by atoms with Gasteiger partial charge in [-0.25, -0.2) is 0 Å². The standard InChI is InChI=1S/C10H12N4OS/c1-7-8(5-13(2)12-7)6-14-4-3-9(15)11-10(14)16/h3-5H,6H2,1-2H3,(H,11,15,16). The first-order valence-corrected chi connectivity index (χ1v) is 5.26. The monoisotopic (exact) mass is 236 g/mol. The fourth-order valence-electron chi connectivity index (χ4n) is 1.56. The van der Waals surface area contributed by atoms with Crippen LogP contribution >= 0.6 is 12.2 Å². The molecule has 0 aliphatic carbocycles. The summed E-state index contributed by atoms with van der Waals surface area (Å²) < 4.78 is 4.00. The van der Waals surface area contributed by atoms with Crippen molar-refractivity contribution >= 4 is 12.2 Å². The quantitative estimate of drug-likeness (QED) is 0.791. The van der Waals surface area contributed by atoms with Gasteiger partial charge in [-0.05, 0) is 19.1 Å². The lowest BCUT2D eigenvalue weighted by atomic mass is 10.2. The molecule has 0 spiro atoms. The van der Waals surface area contributed by atoms with Crippen molar-refractivity contribution in [2.45, 2.75) is 13.5 Å². The number of aryl methyl sites for hydroxylation is 2. The van der Waals surface area contributed by atoms with Crippen LogP contribution in [0, 0.1) is 11.7 Å². The lowest BCUT2D eigenvalue weighted by Gasteiger charge is -2.04. The highest BCUT2D eigenvalue weighted by molar-refractivity contribution is 7.71. The van der Waals surface area contributed by atoms with Crippen molar-refractivity contribution in [2.24, 2.45) is 7.05 Å². The maximum atomic E-state index is 11.0. The molecule has 0 unspecified atom stereocenters. The van der Waals surface area contributed by atoms with Gasteiger partial charge < -0.3 is 4.57 Å². The highest BCUT2D eigenvalue weighted by atomic mass is 32.1. The molecule has 5 nitrogen and oxygen atoms in total. The number of nitrogens with zero attached hydrogens (tertiary/aromatic N) is 3. The highest BCUT2D eigenvalue weighted by Gasteiger charge is 2.03. The van der Waals surface area contributed by atoms with Crippen molar-refractivity contribution < 1.29 is 0 Å². The Balaban J connectivity index is 2.38. The van der Waals surface area contributed by atoms with Crippen molar-refractivity contribution in [1.29, 1.82) is 0 Å². The van der Waals surface area contributed by atoms with Crippen molar-refractivity contribution in [3.05, 3.63) is 44.8 Å². The average molecular weight is 236 g/mol. The molecule has 2 aromatic rings. The molecule has 84 valence electrons. The van der Waals surface area contributed by atoms with Crippen molar-refractivity contribution in [3.8, 4) is 0 Å². The van der Waals surface area contributed by atoms with Gasteiger partial charge in [0.2, 0.25) is 0 Å². The topological polar surface area (TPSA) is 55.6 Å². The average Bonchev–Trinajstić information content (AvgIpc) is 2.50. The van der Waals surface area contributed by atoms with Gasteiger partial charge in [0.1, 0.15) is 0 Å². The van der Waals surface area contributed by atoms with E-state index in [1.165, 1.54) is 6.07 Å². The summed E-state index contributed by atoms with van der Waals surface area (Å²) in [5.41, 5.74) is 1.88. The van der Waals surface area contributed by atoms with Gasteiger partial charge in [-0.15, -0.1) is 0 Å². The summed E-state index contributed by atoms with van der Waals surface area (Å²) in [6.45, 7) is 2.57. The summed E-state index contributed by atoms with van der Waals surface area (Å²) in [6, 6.07) is 1.46. The Kier molecular flexibility index (Phi) is 2.74. The van der Waals surface area contributed by atoms with E-state index >= 15 is 0 Å². The lowest BCUT2D eigenvalue weighted by Crippen LogP contribution is -2.11. The Hall–Kier alpha value is -1.69. The van der Waals surface area contributed by atoms with Gasteiger partial charge in [0.05, 0.1) is 12.2 Å². The van der Waals surface area contributed by atoms with Crippen molar-refractivity contribution in [3.63, 3.8) is 0 Å². The second-order valence-corrected chi connectivity index (χ2v) is 4.04. The van der Waals surface area contributed by atoms with E-state index in [1.54, 1.807) is 15.4 Å². The molecule has 6 heteroatoms. The van der Waals surface area contributed by atoms with Crippen LogP contribution in [0.25, 0.3) is 0 Å². The fourth-order valence-corrected chi connectivity index (χ4v) is 1.78. The molecule has 0 aliphatic rings. The summed E-state index contributed by atoms with van der Waals surface area (Å²) in [7, 11) is 1.88. The molecule has 0 aliphatic heterocycles. The number of hydrogen-bond acceptors (Lipinski definition) is 3. The Morgan fingerprint density at radius 3 is 2.88 bits per heavy atom. The lowest BCUT2D eigenvalue weighted by molar-refractivity contribution is 0.739. The Labute approximate surface area is 97.4 Å². The van der Waals surface area contributed by atoms with E-state index in [9.17, 15) is 4.79 Å². The molecule has 16 heavy (non-hydrogen) atoms. The zero-order valence-corrected chi connectivity index (χ0v) is 9.91. The van der Waals surface area contributed by atoms with Crippen LogP contribution in [0.4, 0.5) is 0 Å². The maximum absolute atomic E-state index is 11.0. The molecule has 0 amide bonds. The van der Waals surface area contributed by atoms with Gasteiger partial charge in [0, 0.05) is 31.1 Å². The summed E-state index contributed by atoms with van der Waals surface area (Å²) in [5.74, 6) is 0. The van der Waals surface area contributed by atoms with E-state index in [0.29, 0.717) is 11.3 Å². The molecule has 1 N–H and O–H groups in total. The second kappa shape index (κ2) is 4.05. The van der Waals surface area contributed by atoms with E-state index in [0.717, 1.165) is 11.3 Å². The Morgan fingerprint density at radius 1 is 1.56 bits per heavy atom. The van der Waals surface area contributed by atoms with Crippen LogP contribution in [0.5, 0.6) is 0 Å². The maximum Gasteiger partial charge on any atom is 0.251 e. The SMILES string of the molecule is Cc1nn(C)cc1Cn1ccc(=O)[nH]c1=S. The zero-order chi connectivity index (χ0) is 11.7. The molecular formula is C10H12N4OS. The third kappa shape index (κ3) is 2.11. The molecule has 0 saturated carbocycles. The summed E-state index contributed by atoms with van der Waals surface area (Å²) in [5, 5.41) is 4.25. The molecule has 0 aromatic carbocycles.